The average molecular weight is 611 g/mol. The van der Waals surface area contributed by atoms with Crippen molar-refractivity contribution in [2.75, 3.05) is 12.3 Å². The Bertz CT molecular complexity index is 1120. The number of aromatic nitrogens is 2. The van der Waals surface area contributed by atoms with Crippen molar-refractivity contribution in [3.05, 3.63) is 34.4 Å². The molecule has 1 aromatic heterocycles. The van der Waals surface area contributed by atoms with Crippen molar-refractivity contribution in [2.24, 2.45) is 0 Å². The molecular weight excluding hydrogens is 589 g/mol. The first-order valence-corrected chi connectivity index (χ1v) is 12.9. The van der Waals surface area contributed by atoms with Gasteiger partial charge in [0.15, 0.2) is 6.23 Å². The van der Waals surface area contributed by atoms with Gasteiger partial charge in [-0.2, -0.15) is 4.98 Å². The van der Waals surface area contributed by atoms with Crippen LogP contribution in [0.15, 0.2) is 28.7 Å². The predicted octanol–water partition coefficient (Wildman–Crippen LogP) is -14.4. The summed E-state index contributed by atoms with van der Waals surface area (Å²) in [6, 6.07) is 1.20. The maximum Gasteiger partial charge on any atom is 1.00 e. The van der Waals surface area contributed by atoms with Crippen LogP contribution < -0.4 is 115 Å². The minimum Gasteiger partial charge on any atom is -0.809 e. The fourth-order valence-electron chi connectivity index (χ4n) is 3.52. The van der Waals surface area contributed by atoms with E-state index < -0.39 is 88.4 Å². The molecule has 17 nitrogen and oxygen atoms in total. The SMILES string of the molecule is Nc1ccn([C@@H]2O[C@H](COP(=O)([O-])O[C@H](C3=C[C@@H](O)[C@@H](O)[C@H](O)C3)P(=O)([O-])[O-])[C@@H](O)[C@H]2O)c(=O)n1.[Na+].[Na+].[Na+]. The largest absolute Gasteiger partial charge is 1.00 e. The van der Waals surface area contributed by atoms with E-state index in [1.165, 1.54) is 6.07 Å². The Balaban J connectivity index is 0.00000456. The number of hydrogen-bond donors (Lipinski definition) is 6. The Morgan fingerprint density at radius 1 is 1.11 bits per heavy atom. The molecular formula is C16H22N3Na3O14P2. The van der Waals surface area contributed by atoms with Gasteiger partial charge in [0.2, 0.25) is 0 Å². The predicted molar refractivity (Wildman–Crippen MR) is 106 cm³/mol. The van der Waals surface area contributed by atoms with Crippen LogP contribution in [0.1, 0.15) is 12.6 Å². The van der Waals surface area contributed by atoms with Crippen molar-refractivity contribution in [1.29, 1.82) is 0 Å². The molecule has 1 aliphatic heterocycles. The van der Waals surface area contributed by atoms with Crippen LogP contribution in [0.2, 0.25) is 0 Å². The second-order valence-corrected chi connectivity index (χ2v) is 10.7. The molecule has 1 saturated heterocycles. The Hall–Kier alpha value is 1.44. The summed E-state index contributed by atoms with van der Waals surface area (Å²) in [5.74, 6) is -2.84. The summed E-state index contributed by atoms with van der Waals surface area (Å²) in [6.45, 7) is -1.04. The zero-order chi connectivity index (χ0) is 26.3. The summed E-state index contributed by atoms with van der Waals surface area (Å²) in [5, 5.41) is 49.2. The number of nitrogens with two attached hydrogens (primary N) is 1. The summed E-state index contributed by atoms with van der Waals surface area (Å²) in [4.78, 5) is 50.9. The number of rotatable bonds is 8. The van der Waals surface area contributed by atoms with E-state index in [0.717, 1.165) is 10.8 Å². The molecule has 198 valence electrons. The van der Waals surface area contributed by atoms with E-state index in [2.05, 4.69) is 14.0 Å². The van der Waals surface area contributed by atoms with Crippen LogP contribution in [0.4, 0.5) is 5.82 Å². The van der Waals surface area contributed by atoms with Crippen LogP contribution in [-0.4, -0.2) is 84.2 Å². The fourth-order valence-corrected chi connectivity index (χ4v) is 5.70. The molecule has 7 N–H and O–H groups in total. The average Bonchev–Trinajstić information content (AvgIpc) is 3.02. The quantitative estimate of drug-likeness (QED) is 0.0903. The molecule has 0 aromatic carbocycles. The minimum absolute atomic E-state index is 0. The number of nitrogen functional groups attached to an aromatic ring is 1. The summed E-state index contributed by atoms with van der Waals surface area (Å²) in [5.41, 5.74) is 3.79. The summed E-state index contributed by atoms with van der Waals surface area (Å²) < 4.78 is 38.8. The summed E-state index contributed by atoms with van der Waals surface area (Å²) in [6.07, 6.45) is -10.8. The molecule has 0 saturated carbocycles. The molecule has 0 amide bonds. The van der Waals surface area contributed by atoms with E-state index in [-0.39, 0.29) is 94.5 Å². The van der Waals surface area contributed by atoms with Crippen LogP contribution in [0.5, 0.6) is 0 Å². The summed E-state index contributed by atoms with van der Waals surface area (Å²) in [7, 11) is -11.5. The van der Waals surface area contributed by atoms with Gasteiger partial charge in [-0.25, -0.2) is 4.79 Å². The van der Waals surface area contributed by atoms with Gasteiger partial charge in [0.05, 0.1) is 12.7 Å². The third kappa shape index (κ3) is 9.74. The minimum atomic E-state index is -5.87. The van der Waals surface area contributed by atoms with E-state index in [4.69, 9.17) is 10.5 Å². The molecule has 1 aromatic rings. The third-order valence-electron chi connectivity index (χ3n) is 5.27. The molecule has 1 unspecified atom stereocenters. The number of ether oxygens (including phenoxy) is 1. The first kappa shape index (κ1) is 39.4. The molecule has 22 heteroatoms. The Labute approximate surface area is 281 Å². The Kier molecular flexibility index (Phi) is 16.4. The molecule has 38 heavy (non-hydrogen) atoms. The Morgan fingerprint density at radius 2 is 1.71 bits per heavy atom. The zero-order valence-electron chi connectivity index (χ0n) is 20.5. The van der Waals surface area contributed by atoms with Crippen LogP contribution in [0.3, 0.4) is 0 Å². The maximum absolute atomic E-state index is 12.2. The van der Waals surface area contributed by atoms with Gasteiger partial charge in [-0.15, -0.1) is 0 Å². The Morgan fingerprint density at radius 3 is 2.24 bits per heavy atom. The van der Waals surface area contributed by atoms with Crippen LogP contribution in [-0.2, 0) is 22.9 Å². The number of hydrogen-bond acceptors (Lipinski definition) is 16. The second kappa shape index (κ2) is 15.8. The zero-order valence-corrected chi connectivity index (χ0v) is 28.3. The van der Waals surface area contributed by atoms with Gasteiger partial charge in [0, 0.05) is 6.20 Å². The van der Waals surface area contributed by atoms with E-state index >= 15 is 0 Å². The van der Waals surface area contributed by atoms with E-state index in [1.807, 2.05) is 0 Å². The third-order valence-corrected chi connectivity index (χ3v) is 7.38. The van der Waals surface area contributed by atoms with Crippen molar-refractivity contribution >= 4 is 21.2 Å². The van der Waals surface area contributed by atoms with Crippen LogP contribution in [0, 0.1) is 0 Å². The van der Waals surface area contributed by atoms with Crippen molar-refractivity contribution in [2.45, 2.75) is 55.1 Å². The van der Waals surface area contributed by atoms with Crippen molar-refractivity contribution in [3.63, 3.8) is 0 Å². The summed E-state index contributed by atoms with van der Waals surface area (Å²) >= 11 is 0. The number of phosphoric acid groups is 1. The first-order chi connectivity index (χ1) is 16.1. The first-order valence-electron chi connectivity index (χ1n) is 9.87. The molecule has 1 fully saturated rings. The van der Waals surface area contributed by atoms with Gasteiger partial charge >= 0.3 is 94.4 Å². The van der Waals surface area contributed by atoms with Gasteiger partial charge in [0.1, 0.15) is 42.2 Å². The maximum atomic E-state index is 12.2. The van der Waals surface area contributed by atoms with Crippen molar-refractivity contribution in [3.8, 4) is 0 Å². The number of phosphoric ester groups is 1. The monoisotopic (exact) mass is 611 g/mol. The van der Waals surface area contributed by atoms with Crippen LogP contribution >= 0.6 is 15.4 Å². The molecule has 2 aliphatic rings. The molecule has 2 heterocycles. The van der Waals surface area contributed by atoms with Gasteiger partial charge in [-0.05, 0) is 25.7 Å². The van der Waals surface area contributed by atoms with E-state index in [0.29, 0.717) is 6.08 Å². The number of nitrogens with zero attached hydrogens (tertiary/aromatic N) is 2. The van der Waals surface area contributed by atoms with Gasteiger partial charge in [-0.3, -0.25) is 9.13 Å². The molecule has 0 spiro atoms. The topological polar surface area (TPSA) is 293 Å². The van der Waals surface area contributed by atoms with Crippen molar-refractivity contribution < 1.29 is 152 Å². The number of aliphatic hydroxyl groups is 5. The molecule has 0 radical (unpaired) electrons. The standard InChI is InChI=1S/C16H25N3O14P2.3Na/c17-10-1-2-19(16(25)18-10)14-13(24)12(23)9(32-14)5-31-35(29,30)33-15(34(26,27)28)6-3-7(20)11(22)8(21)4-6;;;/h1-3,7-9,11-15,20-24H,4-5H2,(H,29,30)(H2,17,18,25)(H2,26,27,28);;;/q;3*+1/p-3/t7-,8-,9-,11-,12-,13-,14-,15+;;;/m1.../s1. The molecule has 9 atom stereocenters. The number of anilines is 1. The molecule has 3 rings (SSSR count). The van der Waals surface area contributed by atoms with Gasteiger partial charge in [-0.1, -0.05) is 6.08 Å². The number of aliphatic hydroxyl groups excluding tert-OH is 5. The molecule has 0 bridgehead atoms. The van der Waals surface area contributed by atoms with Crippen LogP contribution in [0.25, 0.3) is 0 Å². The normalized spacial score (nSPS) is 31.6. The fraction of sp³-hybridized carbons (Fsp3) is 0.625. The second-order valence-electron chi connectivity index (χ2n) is 7.82. The van der Waals surface area contributed by atoms with Gasteiger partial charge in [0.25, 0.3) is 7.82 Å². The molecule has 1 aliphatic carbocycles. The van der Waals surface area contributed by atoms with E-state index in [1.54, 1.807) is 0 Å². The van der Waals surface area contributed by atoms with Gasteiger partial charge < -0.3 is 64.3 Å². The smallest absolute Gasteiger partial charge is 0.809 e. The van der Waals surface area contributed by atoms with E-state index in [9.17, 15) is 54.1 Å². The van der Waals surface area contributed by atoms with Crippen molar-refractivity contribution in [1.82, 2.24) is 9.55 Å².